The maximum absolute atomic E-state index is 10.9. The molecular formula is C13H15NO4. The van der Waals surface area contributed by atoms with Gasteiger partial charge in [-0.1, -0.05) is 13.8 Å². The van der Waals surface area contributed by atoms with E-state index in [1.54, 1.807) is 13.8 Å². The molecular weight excluding hydrogens is 234 g/mol. The van der Waals surface area contributed by atoms with Gasteiger partial charge in [0, 0.05) is 17.0 Å². The topological polar surface area (TPSA) is 90.5 Å². The van der Waals surface area contributed by atoms with Crippen LogP contribution < -0.4 is 4.74 Å². The predicted octanol–water partition coefficient (Wildman–Crippen LogP) is 2.02. The highest BCUT2D eigenvalue weighted by molar-refractivity contribution is 5.69. The van der Waals surface area contributed by atoms with E-state index in [1.807, 2.05) is 6.07 Å². The molecule has 18 heavy (non-hydrogen) atoms. The van der Waals surface area contributed by atoms with Crippen LogP contribution in [-0.4, -0.2) is 23.3 Å². The fourth-order valence-corrected chi connectivity index (χ4v) is 1.83. The second-order valence-corrected chi connectivity index (χ2v) is 4.64. The number of methoxy groups -OCH3 is 1. The van der Waals surface area contributed by atoms with E-state index >= 15 is 0 Å². The van der Waals surface area contributed by atoms with Gasteiger partial charge in [-0.2, -0.15) is 5.26 Å². The van der Waals surface area contributed by atoms with Crippen molar-refractivity contribution < 1.29 is 19.7 Å². The van der Waals surface area contributed by atoms with Crippen molar-refractivity contribution in [1.82, 2.24) is 0 Å². The van der Waals surface area contributed by atoms with Crippen molar-refractivity contribution in [2.45, 2.75) is 25.7 Å². The smallest absolute Gasteiger partial charge is 0.304 e. The number of carbonyl (C=O) groups is 1. The molecule has 1 rings (SSSR count). The molecule has 2 N–H and O–H groups in total. The lowest BCUT2D eigenvalue weighted by molar-refractivity contribution is -0.138. The van der Waals surface area contributed by atoms with Crippen LogP contribution in [0.1, 0.15) is 31.4 Å². The van der Waals surface area contributed by atoms with Crippen molar-refractivity contribution in [1.29, 1.82) is 5.26 Å². The molecule has 0 bridgehead atoms. The summed E-state index contributed by atoms with van der Waals surface area (Å²) in [5.74, 6) is -0.740. The predicted molar refractivity (Wildman–Crippen MR) is 64.7 cm³/mol. The Hall–Kier alpha value is -2.22. The number of nitriles is 1. The Morgan fingerprint density at radius 2 is 2.11 bits per heavy atom. The first-order valence-electron chi connectivity index (χ1n) is 5.35. The highest BCUT2D eigenvalue weighted by Gasteiger charge is 2.28. The second kappa shape index (κ2) is 4.96. The van der Waals surface area contributed by atoms with Gasteiger partial charge in [-0.3, -0.25) is 4.79 Å². The van der Waals surface area contributed by atoms with Crippen LogP contribution in [0, 0.1) is 11.3 Å². The standard InChI is InChI=1S/C13H15NO4/c1-13(2,6-12(16)17)9-4-8(7-14)10(15)5-11(9)18-3/h4-5,15H,6H2,1-3H3,(H,16,17). The molecule has 5 nitrogen and oxygen atoms in total. The molecule has 0 saturated heterocycles. The highest BCUT2D eigenvalue weighted by atomic mass is 16.5. The average molecular weight is 249 g/mol. The Bertz CT molecular complexity index is 514. The monoisotopic (exact) mass is 249 g/mol. The van der Waals surface area contributed by atoms with E-state index in [0.717, 1.165) is 0 Å². The first-order valence-corrected chi connectivity index (χ1v) is 5.35. The Morgan fingerprint density at radius 1 is 1.50 bits per heavy atom. The molecule has 0 radical (unpaired) electrons. The van der Waals surface area contributed by atoms with Crippen molar-refractivity contribution in [3.05, 3.63) is 23.3 Å². The quantitative estimate of drug-likeness (QED) is 0.851. The minimum Gasteiger partial charge on any atom is -0.506 e. The number of carboxylic acid groups (broad SMARTS) is 1. The number of hydrogen-bond donors (Lipinski definition) is 2. The molecule has 0 amide bonds. The highest BCUT2D eigenvalue weighted by Crippen LogP contribution is 2.38. The number of rotatable bonds is 4. The molecule has 1 aromatic rings. The molecule has 0 atom stereocenters. The molecule has 0 aliphatic rings. The summed E-state index contributed by atoms with van der Waals surface area (Å²) < 4.78 is 5.13. The molecule has 0 aliphatic heterocycles. The lowest BCUT2D eigenvalue weighted by Gasteiger charge is -2.25. The number of carboxylic acids is 1. The molecule has 1 aromatic carbocycles. The van der Waals surface area contributed by atoms with Crippen LogP contribution in [0.3, 0.4) is 0 Å². The van der Waals surface area contributed by atoms with Gasteiger partial charge in [0.15, 0.2) is 0 Å². The van der Waals surface area contributed by atoms with Gasteiger partial charge in [0.05, 0.1) is 19.1 Å². The Morgan fingerprint density at radius 3 is 2.56 bits per heavy atom. The molecule has 0 saturated carbocycles. The maximum atomic E-state index is 10.9. The summed E-state index contributed by atoms with van der Waals surface area (Å²) in [5.41, 5.74) is -0.0118. The van der Waals surface area contributed by atoms with Crippen LogP contribution in [0.2, 0.25) is 0 Å². The Balaban J connectivity index is 3.38. The minimum atomic E-state index is -0.936. The van der Waals surface area contributed by atoms with Crippen LogP contribution in [0.5, 0.6) is 11.5 Å². The third-order valence-electron chi connectivity index (χ3n) is 2.76. The number of hydrogen-bond acceptors (Lipinski definition) is 4. The van der Waals surface area contributed by atoms with E-state index in [9.17, 15) is 9.90 Å². The van der Waals surface area contributed by atoms with E-state index in [2.05, 4.69) is 0 Å². The van der Waals surface area contributed by atoms with Crippen molar-refractivity contribution in [3.63, 3.8) is 0 Å². The molecule has 0 spiro atoms. The van der Waals surface area contributed by atoms with Gasteiger partial charge in [-0.25, -0.2) is 0 Å². The van der Waals surface area contributed by atoms with E-state index in [4.69, 9.17) is 15.1 Å². The van der Waals surface area contributed by atoms with Crippen molar-refractivity contribution >= 4 is 5.97 Å². The molecule has 0 unspecified atom stereocenters. The van der Waals surface area contributed by atoms with Crippen molar-refractivity contribution in [2.24, 2.45) is 0 Å². The summed E-state index contributed by atoms with van der Waals surface area (Å²) >= 11 is 0. The molecule has 0 heterocycles. The molecule has 96 valence electrons. The van der Waals surface area contributed by atoms with Crippen LogP contribution in [-0.2, 0) is 10.2 Å². The van der Waals surface area contributed by atoms with Crippen LogP contribution >= 0.6 is 0 Å². The second-order valence-electron chi connectivity index (χ2n) is 4.64. The number of phenols is 1. The van der Waals surface area contributed by atoms with Crippen LogP contribution in [0.4, 0.5) is 0 Å². The van der Waals surface area contributed by atoms with Crippen LogP contribution in [0.15, 0.2) is 12.1 Å². The van der Waals surface area contributed by atoms with Gasteiger partial charge >= 0.3 is 5.97 Å². The fraction of sp³-hybridized carbons (Fsp3) is 0.385. The van der Waals surface area contributed by atoms with E-state index in [0.29, 0.717) is 11.3 Å². The van der Waals surface area contributed by atoms with Gasteiger partial charge in [-0.05, 0) is 6.07 Å². The molecule has 0 aromatic heterocycles. The zero-order valence-corrected chi connectivity index (χ0v) is 10.5. The first kappa shape index (κ1) is 13.8. The first-order chi connectivity index (χ1) is 8.31. The van der Waals surface area contributed by atoms with Gasteiger partial charge in [-0.15, -0.1) is 0 Å². The summed E-state index contributed by atoms with van der Waals surface area (Å²) in [5, 5.41) is 27.4. The lowest BCUT2D eigenvalue weighted by atomic mass is 9.80. The Labute approximate surface area is 105 Å². The molecule has 0 fully saturated rings. The van der Waals surface area contributed by atoms with Gasteiger partial charge < -0.3 is 14.9 Å². The normalized spacial score (nSPS) is 10.8. The van der Waals surface area contributed by atoms with Crippen molar-refractivity contribution in [3.8, 4) is 17.6 Å². The summed E-state index contributed by atoms with van der Waals surface area (Å²) in [7, 11) is 1.43. The summed E-state index contributed by atoms with van der Waals surface area (Å²) in [6.07, 6.45) is -0.0982. The average Bonchev–Trinajstić information content (AvgIpc) is 2.26. The van der Waals surface area contributed by atoms with E-state index in [-0.39, 0.29) is 17.7 Å². The van der Waals surface area contributed by atoms with Crippen molar-refractivity contribution in [2.75, 3.05) is 7.11 Å². The SMILES string of the molecule is COc1cc(O)c(C#N)cc1C(C)(C)CC(=O)O. The number of ether oxygens (including phenoxy) is 1. The van der Waals surface area contributed by atoms with E-state index in [1.165, 1.54) is 19.2 Å². The zero-order valence-electron chi connectivity index (χ0n) is 10.5. The van der Waals surface area contributed by atoms with Gasteiger partial charge in [0.2, 0.25) is 0 Å². The number of aliphatic carboxylic acids is 1. The third kappa shape index (κ3) is 2.72. The minimum absolute atomic E-state index is 0.0982. The molecule has 0 aliphatic carbocycles. The Kier molecular flexibility index (Phi) is 3.82. The summed E-state index contributed by atoms with van der Waals surface area (Å²) in [6.45, 7) is 3.49. The van der Waals surface area contributed by atoms with Gasteiger partial charge in [0.25, 0.3) is 0 Å². The lowest BCUT2D eigenvalue weighted by Crippen LogP contribution is -2.22. The largest absolute Gasteiger partial charge is 0.506 e. The zero-order chi connectivity index (χ0) is 13.9. The van der Waals surface area contributed by atoms with Gasteiger partial charge in [0.1, 0.15) is 17.6 Å². The number of aromatic hydroxyl groups is 1. The maximum Gasteiger partial charge on any atom is 0.304 e. The summed E-state index contributed by atoms with van der Waals surface area (Å²) in [4.78, 5) is 10.9. The van der Waals surface area contributed by atoms with E-state index < -0.39 is 11.4 Å². The third-order valence-corrected chi connectivity index (χ3v) is 2.76. The number of phenolic OH excluding ortho intramolecular Hbond substituents is 1. The number of benzene rings is 1. The fourth-order valence-electron chi connectivity index (χ4n) is 1.83. The summed E-state index contributed by atoms with van der Waals surface area (Å²) in [6, 6.07) is 4.66. The van der Waals surface area contributed by atoms with Crippen LogP contribution in [0.25, 0.3) is 0 Å². The molecule has 5 heteroatoms. The number of nitrogens with zero attached hydrogens (tertiary/aromatic N) is 1.